The van der Waals surface area contributed by atoms with Crippen LogP contribution in [0, 0.1) is 0 Å². The Morgan fingerprint density at radius 2 is 1.63 bits per heavy atom. The maximum Gasteiger partial charge on any atom is 0.426 e. The molecule has 0 saturated carbocycles. The van der Waals surface area contributed by atoms with Gasteiger partial charge < -0.3 is 4.42 Å². The summed E-state index contributed by atoms with van der Waals surface area (Å²) in [5, 5.41) is 0.715. The Hall–Kier alpha value is -2.33. The predicted octanol–water partition coefficient (Wildman–Crippen LogP) is 5.50. The second-order valence-electron chi connectivity index (χ2n) is 6.83. The standard InChI is InChI=1S/C22H24ClNO3/c1-2-3-4-5-6-7-8-16-9-12-18(13-10-16)24-21(25)19-15-17(23)11-14-20(19)27-22(24)26/h9-15H,2-8H2,1H3. The Morgan fingerprint density at radius 3 is 2.37 bits per heavy atom. The van der Waals surface area contributed by atoms with Crippen molar-refractivity contribution in [2.45, 2.75) is 51.9 Å². The molecule has 0 atom stereocenters. The molecule has 3 rings (SSSR count). The Balaban J connectivity index is 1.77. The van der Waals surface area contributed by atoms with Crippen LogP contribution in [0.4, 0.5) is 0 Å². The Labute approximate surface area is 163 Å². The van der Waals surface area contributed by atoms with E-state index in [4.69, 9.17) is 16.0 Å². The molecular weight excluding hydrogens is 362 g/mol. The van der Waals surface area contributed by atoms with Gasteiger partial charge in [0, 0.05) is 5.02 Å². The minimum absolute atomic E-state index is 0.241. The smallest absolute Gasteiger partial charge is 0.409 e. The fourth-order valence-corrected chi connectivity index (χ4v) is 3.42. The van der Waals surface area contributed by atoms with Crippen molar-refractivity contribution in [2.75, 3.05) is 0 Å². The molecule has 0 radical (unpaired) electrons. The van der Waals surface area contributed by atoms with Crippen molar-refractivity contribution in [3.05, 3.63) is 74.0 Å². The third-order valence-electron chi connectivity index (χ3n) is 4.77. The van der Waals surface area contributed by atoms with Crippen molar-refractivity contribution in [2.24, 2.45) is 0 Å². The zero-order valence-corrected chi connectivity index (χ0v) is 16.3. The van der Waals surface area contributed by atoms with Gasteiger partial charge in [0.05, 0.1) is 11.1 Å². The van der Waals surface area contributed by atoms with Crippen molar-refractivity contribution >= 4 is 22.6 Å². The van der Waals surface area contributed by atoms with Crippen molar-refractivity contribution < 1.29 is 4.42 Å². The van der Waals surface area contributed by atoms with Gasteiger partial charge in [-0.3, -0.25) is 4.79 Å². The van der Waals surface area contributed by atoms with Gasteiger partial charge in [0.15, 0.2) is 0 Å². The van der Waals surface area contributed by atoms with Gasteiger partial charge in [0.25, 0.3) is 5.56 Å². The molecule has 0 saturated heterocycles. The number of aromatic nitrogens is 1. The zero-order valence-electron chi connectivity index (χ0n) is 15.5. The molecule has 4 nitrogen and oxygen atoms in total. The Bertz CT molecular complexity index is 1020. The van der Waals surface area contributed by atoms with E-state index in [9.17, 15) is 9.59 Å². The molecule has 27 heavy (non-hydrogen) atoms. The summed E-state index contributed by atoms with van der Waals surface area (Å²) < 4.78 is 6.32. The maximum absolute atomic E-state index is 12.7. The lowest BCUT2D eigenvalue weighted by Crippen LogP contribution is -2.30. The van der Waals surface area contributed by atoms with Crippen LogP contribution in [0.1, 0.15) is 51.0 Å². The normalized spacial score (nSPS) is 11.2. The molecule has 0 N–H and O–H groups in total. The molecule has 3 aromatic rings. The first-order chi connectivity index (χ1) is 13.1. The Kier molecular flexibility index (Phi) is 6.51. The number of hydrogen-bond donors (Lipinski definition) is 0. The first-order valence-electron chi connectivity index (χ1n) is 9.55. The zero-order chi connectivity index (χ0) is 19.2. The lowest BCUT2D eigenvalue weighted by molar-refractivity contribution is 0.504. The van der Waals surface area contributed by atoms with E-state index in [2.05, 4.69) is 6.92 Å². The lowest BCUT2D eigenvalue weighted by Gasteiger charge is -2.07. The Morgan fingerprint density at radius 1 is 0.926 bits per heavy atom. The highest BCUT2D eigenvalue weighted by atomic mass is 35.5. The van der Waals surface area contributed by atoms with E-state index in [-0.39, 0.29) is 5.58 Å². The summed E-state index contributed by atoms with van der Waals surface area (Å²) in [5.74, 6) is -0.696. The third-order valence-corrected chi connectivity index (χ3v) is 5.00. The van der Waals surface area contributed by atoms with Crippen LogP contribution in [0.25, 0.3) is 16.7 Å². The average molecular weight is 386 g/mol. The molecule has 142 valence electrons. The second kappa shape index (κ2) is 9.05. The molecule has 5 heteroatoms. The van der Waals surface area contributed by atoms with E-state index < -0.39 is 11.3 Å². The van der Waals surface area contributed by atoms with Crippen LogP contribution >= 0.6 is 11.6 Å². The minimum Gasteiger partial charge on any atom is -0.409 e. The first kappa shape index (κ1) is 19.4. The summed E-state index contributed by atoms with van der Waals surface area (Å²) >= 11 is 5.97. The van der Waals surface area contributed by atoms with Crippen molar-refractivity contribution in [3.63, 3.8) is 0 Å². The van der Waals surface area contributed by atoms with E-state index in [0.717, 1.165) is 17.4 Å². The summed E-state index contributed by atoms with van der Waals surface area (Å²) in [6.45, 7) is 2.22. The van der Waals surface area contributed by atoms with E-state index in [0.29, 0.717) is 16.1 Å². The minimum atomic E-state index is -0.696. The largest absolute Gasteiger partial charge is 0.426 e. The molecule has 0 aliphatic rings. The van der Waals surface area contributed by atoms with Crippen molar-refractivity contribution in [3.8, 4) is 5.69 Å². The van der Waals surface area contributed by atoms with Crippen LogP contribution < -0.4 is 11.3 Å². The van der Waals surface area contributed by atoms with Gasteiger partial charge in [0.1, 0.15) is 5.58 Å². The molecular formula is C22H24ClNO3. The molecule has 0 fully saturated rings. The van der Waals surface area contributed by atoms with Crippen LogP contribution in [-0.4, -0.2) is 4.57 Å². The van der Waals surface area contributed by atoms with Gasteiger partial charge >= 0.3 is 5.76 Å². The monoisotopic (exact) mass is 385 g/mol. The number of aryl methyl sites for hydroxylation is 1. The van der Waals surface area contributed by atoms with Gasteiger partial charge in [0.2, 0.25) is 0 Å². The molecule has 1 aromatic heterocycles. The number of unbranched alkanes of at least 4 members (excludes halogenated alkanes) is 5. The summed E-state index contributed by atoms with van der Waals surface area (Å²) in [6, 6.07) is 12.2. The fourth-order valence-electron chi connectivity index (χ4n) is 3.25. The highest BCUT2D eigenvalue weighted by molar-refractivity contribution is 6.31. The highest BCUT2D eigenvalue weighted by Gasteiger charge is 2.12. The quantitative estimate of drug-likeness (QED) is 0.481. The van der Waals surface area contributed by atoms with Crippen molar-refractivity contribution in [1.82, 2.24) is 4.57 Å². The SMILES string of the molecule is CCCCCCCCc1ccc(-n2c(=O)oc3ccc(Cl)cc3c2=O)cc1. The number of rotatable bonds is 8. The number of halogens is 1. The van der Waals surface area contributed by atoms with Crippen LogP contribution in [0.5, 0.6) is 0 Å². The summed E-state index contributed by atoms with van der Waals surface area (Å²) in [5.41, 5.74) is 1.52. The lowest BCUT2D eigenvalue weighted by atomic mass is 10.0. The molecule has 0 spiro atoms. The molecule has 0 unspecified atom stereocenters. The van der Waals surface area contributed by atoms with Gasteiger partial charge in [-0.2, -0.15) is 0 Å². The molecule has 2 aromatic carbocycles. The summed E-state index contributed by atoms with van der Waals surface area (Å²) in [6.07, 6.45) is 8.54. The number of hydrogen-bond acceptors (Lipinski definition) is 3. The number of nitrogens with zero attached hydrogens (tertiary/aromatic N) is 1. The third kappa shape index (κ3) is 4.69. The van der Waals surface area contributed by atoms with E-state index >= 15 is 0 Å². The fraction of sp³-hybridized carbons (Fsp3) is 0.364. The maximum atomic E-state index is 12.7. The summed E-state index contributed by atoms with van der Waals surface area (Å²) in [4.78, 5) is 25.0. The molecule has 0 bridgehead atoms. The van der Waals surface area contributed by atoms with Crippen LogP contribution in [0.2, 0.25) is 5.02 Å². The molecule has 0 aliphatic heterocycles. The van der Waals surface area contributed by atoms with Crippen molar-refractivity contribution in [1.29, 1.82) is 0 Å². The molecule has 0 amide bonds. The second-order valence-corrected chi connectivity index (χ2v) is 7.27. The van der Waals surface area contributed by atoms with Gasteiger partial charge in [-0.1, -0.05) is 62.8 Å². The van der Waals surface area contributed by atoms with Gasteiger partial charge in [-0.25, -0.2) is 9.36 Å². The van der Waals surface area contributed by atoms with Gasteiger partial charge in [-0.15, -0.1) is 0 Å². The highest BCUT2D eigenvalue weighted by Crippen LogP contribution is 2.16. The average Bonchev–Trinajstić information content (AvgIpc) is 2.66. The molecule has 0 aliphatic carbocycles. The van der Waals surface area contributed by atoms with Crippen LogP contribution in [-0.2, 0) is 6.42 Å². The number of benzene rings is 2. The number of fused-ring (bicyclic) bond motifs is 1. The summed E-state index contributed by atoms with van der Waals surface area (Å²) in [7, 11) is 0. The molecule has 1 heterocycles. The first-order valence-corrected chi connectivity index (χ1v) is 9.92. The van der Waals surface area contributed by atoms with E-state index in [1.165, 1.54) is 49.8 Å². The predicted molar refractivity (Wildman–Crippen MR) is 110 cm³/mol. The topological polar surface area (TPSA) is 52.2 Å². The van der Waals surface area contributed by atoms with Gasteiger partial charge in [-0.05, 0) is 48.7 Å². The van der Waals surface area contributed by atoms with E-state index in [1.54, 1.807) is 18.2 Å². The van der Waals surface area contributed by atoms with Crippen LogP contribution in [0.3, 0.4) is 0 Å². The van der Waals surface area contributed by atoms with E-state index in [1.807, 2.05) is 12.1 Å². The van der Waals surface area contributed by atoms with Crippen LogP contribution in [0.15, 0.2) is 56.5 Å².